The van der Waals surface area contributed by atoms with Gasteiger partial charge in [0.2, 0.25) is 0 Å². The maximum Gasteiger partial charge on any atom is 0.251 e. The number of aromatic nitrogens is 1. The number of nitrogens with one attached hydrogen (secondary N) is 1. The van der Waals surface area contributed by atoms with Crippen LogP contribution in [-0.2, 0) is 6.54 Å². The summed E-state index contributed by atoms with van der Waals surface area (Å²) in [5.74, 6) is -0.356. The number of carbonyl (C=O) groups is 1. The fraction of sp³-hybridized carbons (Fsp3) is 0.167. The molecule has 0 spiro atoms. The van der Waals surface area contributed by atoms with Crippen LogP contribution >= 0.6 is 11.3 Å². The number of hydrogen-bond donors (Lipinski definition) is 3. The lowest BCUT2D eigenvalue weighted by atomic mass is 10.2. The molecule has 1 heterocycles. The van der Waals surface area contributed by atoms with Gasteiger partial charge in [0.1, 0.15) is 10.8 Å². The van der Waals surface area contributed by atoms with Crippen LogP contribution in [0, 0.1) is 6.92 Å². The first-order chi connectivity index (χ1) is 8.56. The van der Waals surface area contributed by atoms with E-state index in [0.29, 0.717) is 12.1 Å². The average Bonchev–Trinajstić information content (AvgIpc) is 2.75. The Hall–Kier alpha value is -2.08. The largest absolute Gasteiger partial charge is 0.506 e. The van der Waals surface area contributed by atoms with Gasteiger partial charge in [-0.3, -0.25) is 4.79 Å². The molecular formula is C12H13N3O2S. The van der Waals surface area contributed by atoms with Crippen LogP contribution in [0.25, 0.3) is 0 Å². The van der Waals surface area contributed by atoms with E-state index in [9.17, 15) is 9.90 Å². The molecule has 0 radical (unpaired) electrons. The smallest absolute Gasteiger partial charge is 0.251 e. The minimum Gasteiger partial charge on any atom is -0.506 e. The molecule has 2 rings (SSSR count). The second-order valence-electron chi connectivity index (χ2n) is 3.82. The first kappa shape index (κ1) is 12.4. The Morgan fingerprint density at radius 1 is 1.56 bits per heavy atom. The van der Waals surface area contributed by atoms with Gasteiger partial charge >= 0.3 is 0 Å². The zero-order chi connectivity index (χ0) is 13.1. The topological polar surface area (TPSA) is 88.2 Å². The molecule has 0 saturated heterocycles. The van der Waals surface area contributed by atoms with E-state index < -0.39 is 0 Å². The highest BCUT2D eigenvalue weighted by atomic mass is 32.1. The Morgan fingerprint density at radius 3 is 2.94 bits per heavy atom. The summed E-state index contributed by atoms with van der Waals surface area (Å²) in [4.78, 5) is 17.1. The summed E-state index contributed by atoms with van der Waals surface area (Å²) in [5.41, 5.74) is 6.09. The lowest BCUT2D eigenvalue weighted by Crippen LogP contribution is -2.22. The number of phenolic OH excluding ortho intramolecular Hbond substituents is 1. The highest BCUT2D eigenvalue weighted by Crippen LogP contribution is 2.20. The molecule has 0 bridgehead atoms. The van der Waals surface area contributed by atoms with Crippen LogP contribution in [0.3, 0.4) is 0 Å². The molecule has 18 heavy (non-hydrogen) atoms. The minimum absolute atomic E-state index is 0.0901. The molecule has 94 valence electrons. The van der Waals surface area contributed by atoms with E-state index in [0.717, 1.165) is 9.88 Å². The monoisotopic (exact) mass is 263 g/mol. The van der Waals surface area contributed by atoms with E-state index in [1.807, 2.05) is 6.92 Å². The van der Waals surface area contributed by atoms with Gasteiger partial charge in [0.05, 0.1) is 12.2 Å². The molecule has 1 aromatic heterocycles. The van der Waals surface area contributed by atoms with Gasteiger partial charge in [-0.15, -0.1) is 11.3 Å². The van der Waals surface area contributed by atoms with Crippen molar-refractivity contribution in [1.82, 2.24) is 10.3 Å². The third-order valence-electron chi connectivity index (χ3n) is 2.36. The summed E-state index contributed by atoms with van der Waals surface area (Å²) < 4.78 is 0. The number of hydrogen-bond acceptors (Lipinski definition) is 5. The first-order valence-electron chi connectivity index (χ1n) is 5.34. The molecular weight excluding hydrogens is 250 g/mol. The molecule has 0 saturated carbocycles. The number of benzene rings is 1. The zero-order valence-corrected chi connectivity index (χ0v) is 10.6. The van der Waals surface area contributed by atoms with E-state index >= 15 is 0 Å². The molecule has 0 atom stereocenters. The summed E-state index contributed by atoms with van der Waals surface area (Å²) in [7, 11) is 0. The Kier molecular flexibility index (Phi) is 3.47. The van der Waals surface area contributed by atoms with Crippen molar-refractivity contribution in [2.45, 2.75) is 13.5 Å². The maximum absolute atomic E-state index is 11.8. The number of nitrogens with zero attached hydrogens (tertiary/aromatic N) is 1. The zero-order valence-electron chi connectivity index (χ0n) is 9.80. The van der Waals surface area contributed by atoms with Gasteiger partial charge in [0.25, 0.3) is 5.91 Å². The van der Waals surface area contributed by atoms with Gasteiger partial charge in [-0.25, -0.2) is 4.98 Å². The van der Waals surface area contributed by atoms with Gasteiger partial charge in [0.15, 0.2) is 0 Å². The van der Waals surface area contributed by atoms with E-state index in [4.69, 9.17) is 5.73 Å². The van der Waals surface area contributed by atoms with Crippen molar-refractivity contribution in [2.24, 2.45) is 0 Å². The van der Waals surface area contributed by atoms with Crippen LogP contribution in [0.2, 0.25) is 0 Å². The van der Waals surface area contributed by atoms with E-state index in [2.05, 4.69) is 10.3 Å². The molecule has 0 unspecified atom stereocenters. The van der Waals surface area contributed by atoms with Gasteiger partial charge in [-0.05, 0) is 25.1 Å². The number of anilines is 1. The summed E-state index contributed by atoms with van der Waals surface area (Å²) >= 11 is 1.54. The fourth-order valence-electron chi connectivity index (χ4n) is 1.43. The van der Waals surface area contributed by atoms with Crippen molar-refractivity contribution in [2.75, 3.05) is 5.73 Å². The quantitative estimate of drug-likeness (QED) is 0.580. The van der Waals surface area contributed by atoms with Gasteiger partial charge in [0, 0.05) is 16.6 Å². The Labute approximate surface area is 108 Å². The maximum atomic E-state index is 11.8. The number of nitrogens with two attached hydrogens (primary N) is 1. The summed E-state index contributed by atoms with van der Waals surface area (Å²) in [6.45, 7) is 2.34. The van der Waals surface area contributed by atoms with Crippen molar-refractivity contribution in [3.63, 3.8) is 0 Å². The second-order valence-corrected chi connectivity index (χ2v) is 5.14. The third-order valence-corrected chi connectivity index (χ3v) is 3.27. The van der Waals surface area contributed by atoms with Crippen molar-refractivity contribution >= 4 is 22.9 Å². The Bertz CT molecular complexity index is 580. The summed E-state index contributed by atoms with van der Waals surface area (Å²) in [5, 5.41) is 13.0. The molecule has 5 nitrogen and oxygen atoms in total. The number of phenols is 1. The minimum atomic E-state index is -0.266. The van der Waals surface area contributed by atoms with Gasteiger partial charge < -0.3 is 16.2 Å². The molecule has 4 N–H and O–H groups in total. The number of rotatable bonds is 3. The van der Waals surface area contributed by atoms with Crippen molar-refractivity contribution in [3.8, 4) is 5.75 Å². The standard InChI is InChI=1S/C12H13N3O2S/c1-7-5-14-11(18-7)6-15-12(17)8-2-3-9(13)10(16)4-8/h2-5,16H,6,13H2,1H3,(H,15,17). The molecule has 0 aliphatic heterocycles. The van der Waals surface area contributed by atoms with Gasteiger partial charge in [-0.1, -0.05) is 0 Å². The third kappa shape index (κ3) is 2.78. The summed E-state index contributed by atoms with van der Waals surface area (Å²) in [6.07, 6.45) is 1.77. The van der Waals surface area contributed by atoms with Crippen molar-refractivity contribution < 1.29 is 9.90 Å². The molecule has 0 aliphatic rings. The van der Waals surface area contributed by atoms with E-state index in [-0.39, 0.29) is 17.3 Å². The summed E-state index contributed by atoms with van der Waals surface area (Å²) in [6, 6.07) is 4.41. The van der Waals surface area contributed by atoms with E-state index in [1.54, 1.807) is 12.3 Å². The highest BCUT2D eigenvalue weighted by molar-refractivity contribution is 7.11. The number of aromatic hydroxyl groups is 1. The predicted molar refractivity (Wildman–Crippen MR) is 70.5 cm³/mol. The number of nitrogen functional groups attached to an aromatic ring is 1. The first-order valence-corrected chi connectivity index (χ1v) is 6.16. The normalized spacial score (nSPS) is 10.3. The molecule has 2 aromatic rings. The molecule has 1 amide bonds. The number of aryl methyl sites for hydroxylation is 1. The van der Waals surface area contributed by atoms with Crippen LogP contribution in [-0.4, -0.2) is 16.0 Å². The van der Waals surface area contributed by atoms with Crippen LogP contribution in [0.4, 0.5) is 5.69 Å². The van der Waals surface area contributed by atoms with Gasteiger partial charge in [-0.2, -0.15) is 0 Å². The van der Waals surface area contributed by atoms with Crippen LogP contribution in [0.5, 0.6) is 5.75 Å². The molecule has 1 aromatic carbocycles. The highest BCUT2D eigenvalue weighted by Gasteiger charge is 2.08. The predicted octanol–water partition coefficient (Wildman–Crippen LogP) is 1.67. The van der Waals surface area contributed by atoms with Crippen LogP contribution in [0.15, 0.2) is 24.4 Å². The number of thiazole rings is 1. The molecule has 6 heteroatoms. The Balaban J connectivity index is 2.01. The van der Waals surface area contributed by atoms with Crippen LogP contribution < -0.4 is 11.1 Å². The second kappa shape index (κ2) is 5.05. The van der Waals surface area contributed by atoms with Crippen molar-refractivity contribution in [3.05, 3.63) is 39.8 Å². The number of amides is 1. The van der Waals surface area contributed by atoms with Crippen molar-refractivity contribution in [1.29, 1.82) is 0 Å². The lowest BCUT2D eigenvalue weighted by molar-refractivity contribution is 0.0950. The number of carbonyl (C=O) groups excluding carboxylic acids is 1. The molecule has 0 fully saturated rings. The Morgan fingerprint density at radius 2 is 2.33 bits per heavy atom. The fourth-order valence-corrected chi connectivity index (χ4v) is 2.15. The van der Waals surface area contributed by atoms with Crippen LogP contribution in [0.1, 0.15) is 20.2 Å². The SMILES string of the molecule is Cc1cnc(CNC(=O)c2ccc(N)c(O)c2)s1. The lowest BCUT2D eigenvalue weighted by Gasteiger charge is -2.05. The van der Waals surface area contributed by atoms with E-state index in [1.165, 1.54) is 23.5 Å². The molecule has 0 aliphatic carbocycles. The average molecular weight is 263 g/mol.